The predicted molar refractivity (Wildman–Crippen MR) is 354 cm³/mol. The maximum atomic E-state index is 13.0. The third-order valence-corrected chi connectivity index (χ3v) is 18.6. The van der Waals surface area contributed by atoms with Crippen LogP contribution in [0.2, 0.25) is 0 Å². The second-order valence-corrected chi connectivity index (χ2v) is 28.3. The van der Waals surface area contributed by atoms with Gasteiger partial charge in [0.1, 0.15) is 19.3 Å². The molecule has 0 aromatic heterocycles. The van der Waals surface area contributed by atoms with E-state index in [1.54, 1.807) is 0 Å². The first kappa shape index (κ1) is 86.1. The molecule has 0 radical (unpaired) electrons. The molecule has 7 atom stereocenters. The van der Waals surface area contributed by atoms with Crippen molar-refractivity contribution in [1.29, 1.82) is 0 Å². The minimum absolute atomic E-state index is 0.105. The number of aliphatic hydroxyl groups is 1. The summed E-state index contributed by atoms with van der Waals surface area (Å²) in [6.45, 7) is 9.50. The number of unbranched alkanes of at least 4 members (excludes halogenated alkanes) is 36. The van der Waals surface area contributed by atoms with Gasteiger partial charge in [-0.15, -0.1) is 0 Å². The van der Waals surface area contributed by atoms with Gasteiger partial charge < -0.3 is 33.8 Å². The van der Waals surface area contributed by atoms with Gasteiger partial charge in [-0.1, -0.05) is 298 Å². The zero-order valence-electron chi connectivity index (χ0n) is 57.0. The minimum atomic E-state index is -4.95. The van der Waals surface area contributed by atoms with Crippen LogP contribution in [0.5, 0.6) is 0 Å². The smallest absolute Gasteiger partial charge is 0.462 e. The molecule has 0 aliphatic rings. The van der Waals surface area contributed by atoms with Crippen molar-refractivity contribution in [2.45, 2.75) is 368 Å². The number of ether oxygens (including phenoxy) is 4. The Bertz CT molecular complexity index is 1720. The minimum Gasteiger partial charge on any atom is -0.462 e. The van der Waals surface area contributed by atoms with Gasteiger partial charge >= 0.3 is 39.5 Å². The van der Waals surface area contributed by atoms with Crippen LogP contribution in [0.1, 0.15) is 350 Å². The van der Waals surface area contributed by atoms with E-state index in [2.05, 4.69) is 41.5 Å². The molecular formula is C69H134O17P2. The van der Waals surface area contributed by atoms with Crippen LogP contribution >= 0.6 is 15.6 Å². The zero-order chi connectivity index (χ0) is 65.0. The van der Waals surface area contributed by atoms with E-state index in [4.69, 9.17) is 37.0 Å². The van der Waals surface area contributed by atoms with E-state index in [-0.39, 0.29) is 25.7 Å². The van der Waals surface area contributed by atoms with E-state index in [0.717, 1.165) is 121 Å². The van der Waals surface area contributed by atoms with E-state index in [1.165, 1.54) is 148 Å². The summed E-state index contributed by atoms with van der Waals surface area (Å²) in [5, 5.41) is 10.5. The normalized spacial score (nSPS) is 14.8. The molecule has 0 bridgehead atoms. The van der Waals surface area contributed by atoms with Crippen molar-refractivity contribution < 1.29 is 80.2 Å². The van der Waals surface area contributed by atoms with E-state index < -0.39 is 97.5 Å². The molecule has 0 heterocycles. The first-order valence-electron chi connectivity index (χ1n) is 36.1. The first-order valence-corrected chi connectivity index (χ1v) is 39.1. The Labute approximate surface area is 537 Å². The second kappa shape index (κ2) is 61.3. The summed E-state index contributed by atoms with van der Waals surface area (Å²) in [4.78, 5) is 72.2. The Hall–Kier alpha value is -1.94. The molecule has 3 N–H and O–H groups in total. The highest BCUT2D eigenvalue weighted by Crippen LogP contribution is 2.45. The highest BCUT2D eigenvalue weighted by molar-refractivity contribution is 7.47. The number of hydrogen-bond donors (Lipinski definition) is 3. The second-order valence-electron chi connectivity index (χ2n) is 25.4. The summed E-state index contributed by atoms with van der Waals surface area (Å²) in [5.74, 6) is -0.532. The lowest BCUT2D eigenvalue weighted by atomic mass is 9.99. The Morgan fingerprint density at radius 3 is 0.807 bits per heavy atom. The lowest BCUT2D eigenvalue weighted by Crippen LogP contribution is -2.30. The fraction of sp³-hybridized carbons (Fsp3) is 0.942. The summed E-state index contributed by atoms with van der Waals surface area (Å²) in [6.07, 6.45) is 46.1. The van der Waals surface area contributed by atoms with Gasteiger partial charge in [-0.05, 0) is 37.5 Å². The molecule has 19 heteroatoms. The molecule has 0 saturated heterocycles. The first-order chi connectivity index (χ1) is 42.4. The molecule has 0 aromatic rings. The number of aliphatic hydroxyl groups excluding tert-OH is 1. The van der Waals surface area contributed by atoms with Gasteiger partial charge in [-0.25, -0.2) is 9.13 Å². The Morgan fingerprint density at radius 1 is 0.318 bits per heavy atom. The van der Waals surface area contributed by atoms with Crippen LogP contribution in [-0.2, 0) is 65.4 Å². The van der Waals surface area contributed by atoms with Crippen LogP contribution in [0.15, 0.2) is 0 Å². The summed E-state index contributed by atoms with van der Waals surface area (Å²) >= 11 is 0. The summed E-state index contributed by atoms with van der Waals surface area (Å²) in [5.41, 5.74) is 0. The molecule has 0 aliphatic heterocycles. The van der Waals surface area contributed by atoms with E-state index in [1.807, 2.05) is 0 Å². The van der Waals surface area contributed by atoms with Crippen LogP contribution < -0.4 is 0 Å². The zero-order valence-corrected chi connectivity index (χ0v) is 58.8. The van der Waals surface area contributed by atoms with Crippen LogP contribution in [0.3, 0.4) is 0 Å². The van der Waals surface area contributed by atoms with Crippen molar-refractivity contribution in [2.75, 3.05) is 39.6 Å². The largest absolute Gasteiger partial charge is 0.472 e. The third-order valence-electron chi connectivity index (χ3n) is 16.7. The van der Waals surface area contributed by atoms with Crippen molar-refractivity contribution in [3.05, 3.63) is 0 Å². The molecule has 0 aromatic carbocycles. The molecule has 0 spiro atoms. The van der Waals surface area contributed by atoms with E-state index >= 15 is 0 Å². The lowest BCUT2D eigenvalue weighted by molar-refractivity contribution is -0.161. The number of rotatable bonds is 68. The van der Waals surface area contributed by atoms with Gasteiger partial charge in [0.05, 0.1) is 26.4 Å². The van der Waals surface area contributed by atoms with Gasteiger partial charge in [0.2, 0.25) is 0 Å². The molecule has 0 amide bonds. The molecule has 0 fully saturated rings. The quantitative estimate of drug-likeness (QED) is 0.0222. The molecule has 17 nitrogen and oxygen atoms in total. The van der Waals surface area contributed by atoms with Crippen molar-refractivity contribution in [3.63, 3.8) is 0 Å². The van der Waals surface area contributed by atoms with Gasteiger partial charge in [0.15, 0.2) is 12.2 Å². The number of carbonyl (C=O) groups is 4. The maximum Gasteiger partial charge on any atom is 0.472 e. The highest BCUT2D eigenvalue weighted by atomic mass is 31.2. The fourth-order valence-corrected chi connectivity index (χ4v) is 11.9. The van der Waals surface area contributed by atoms with Gasteiger partial charge in [-0.2, -0.15) is 0 Å². The average Bonchev–Trinajstić information content (AvgIpc) is 3.67. The Morgan fingerprint density at radius 2 is 0.545 bits per heavy atom. The van der Waals surface area contributed by atoms with Crippen LogP contribution in [0.25, 0.3) is 0 Å². The Kier molecular flexibility index (Phi) is 59.9. The number of carbonyl (C=O) groups excluding carboxylic acids is 4. The molecule has 0 aliphatic carbocycles. The van der Waals surface area contributed by atoms with E-state index in [0.29, 0.717) is 25.7 Å². The molecule has 522 valence electrons. The Balaban J connectivity index is 5.09. The standard InChI is InChI=1S/C69H134O17P2/c1-7-11-13-15-17-28-33-41-47-53-68(73)85-64(57-79-66(71)51-45-39-31-16-14-12-8-2)59-83-87(75,76)81-55-63(70)56-82-88(77,78)84-60-65(58-80-67(72)52-46-40-36-35-38-44-50-62(6)10-4)86-69(74)54-48-42-34-30-27-25-23-21-19-18-20-22-24-26-29-32-37-43-49-61(5)9-3/h61-65,70H,7-60H2,1-6H3,(H,75,76)(H,77,78)/t61?,62?,63-,64+,65+/m0/s1. The van der Waals surface area contributed by atoms with Gasteiger partial charge in [-0.3, -0.25) is 37.3 Å². The van der Waals surface area contributed by atoms with Crippen molar-refractivity contribution in [1.82, 2.24) is 0 Å². The SMILES string of the molecule is CCCCCCCCCCCC(=O)O[C@H](COC(=O)CCCCCCCCC)COP(=O)(O)OC[C@H](O)COP(=O)(O)OC[C@@H](COC(=O)CCCCCCCCC(C)CC)OC(=O)CCCCCCCCCCCCCCCCCCCCC(C)CC. The summed E-state index contributed by atoms with van der Waals surface area (Å²) < 4.78 is 68.0. The monoisotopic (exact) mass is 1300 g/mol. The summed E-state index contributed by atoms with van der Waals surface area (Å²) in [6, 6.07) is 0. The average molecular weight is 1300 g/mol. The van der Waals surface area contributed by atoms with E-state index in [9.17, 15) is 43.2 Å². The third kappa shape index (κ3) is 60.3. The van der Waals surface area contributed by atoms with Crippen molar-refractivity contribution in [2.24, 2.45) is 11.8 Å². The predicted octanol–water partition coefficient (Wildman–Crippen LogP) is 19.6. The molecule has 88 heavy (non-hydrogen) atoms. The molecule has 0 saturated carbocycles. The van der Waals surface area contributed by atoms with Crippen LogP contribution in [0, 0.1) is 11.8 Å². The number of esters is 4. The lowest BCUT2D eigenvalue weighted by Gasteiger charge is -2.21. The molecule has 4 unspecified atom stereocenters. The number of phosphoric ester groups is 2. The summed E-state index contributed by atoms with van der Waals surface area (Å²) in [7, 11) is -9.89. The van der Waals surface area contributed by atoms with Crippen molar-refractivity contribution in [3.8, 4) is 0 Å². The van der Waals surface area contributed by atoms with Crippen LogP contribution in [-0.4, -0.2) is 96.7 Å². The maximum absolute atomic E-state index is 13.0. The number of phosphoric acid groups is 2. The highest BCUT2D eigenvalue weighted by Gasteiger charge is 2.30. The number of hydrogen-bond acceptors (Lipinski definition) is 15. The van der Waals surface area contributed by atoms with Gasteiger partial charge in [0.25, 0.3) is 0 Å². The topological polar surface area (TPSA) is 237 Å². The molecule has 0 rings (SSSR count). The fourth-order valence-electron chi connectivity index (χ4n) is 10.4. The van der Waals surface area contributed by atoms with Crippen molar-refractivity contribution >= 4 is 39.5 Å². The van der Waals surface area contributed by atoms with Gasteiger partial charge in [0, 0.05) is 25.7 Å². The molecular weight excluding hydrogens is 1160 g/mol. The van der Waals surface area contributed by atoms with Crippen LogP contribution in [0.4, 0.5) is 0 Å².